The van der Waals surface area contributed by atoms with Crippen LogP contribution in [0.2, 0.25) is 0 Å². The molecule has 2 atom stereocenters. The third-order valence-corrected chi connectivity index (χ3v) is 9.05. The van der Waals surface area contributed by atoms with E-state index in [0.717, 1.165) is 5.56 Å². The van der Waals surface area contributed by atoms with Crippen molar-refractivity contribution in [1.82, 2.24) is 9.62 Å². The van der Waals surface area contributed by atoms with Gasteiger partial charge in [-0.25, -0.2) is 18.0 Å². The summed E-state index contributed by atoms with van der Waals surface area (Å²) in [6.45, 7) is 3.56. The Morgan fingerprint density at radius 2 is 1.67 bits per heavy atom. The Bertz CT molecular complexity index is 1930. The number of benzene rings is 3. The molecule has 1 amide bonds. The zero-order valence-corrected chi connectivity index (χ0v) is 25.8. The SMILES string of the molecule is COc1ccc(S(=O)(=O)N(CC(C)C)C[C@@H](O)[C@H](Cc2ccccc2)NC(=O)Oc2c3occc3cc3ccc(=O)oc23)cc1. The van der Waals surface area contributed by atoms with Crippen LogP contribution in [0.3, 0.4) is 0 Å². The summed E-state index contributed by atoms with van der Waals surface area (Å²) >= 11 is 0. The Hall–Kier alpha value is -4.65. The minimum atomic E-state index is -4.03. The van der Waals surface area contributed by atoms with Gasteiger partial charge in [-0.05, 0) is 60.4 Å². The number of sulfonamides is 1. The fraction of sp³-hybridized carbons (Fsp3) is 0.273. The summed E-state index contributed by atoms with van der Waals surface area (Å²) in [4.78, 5) is 25.5. The van der Waals surface area contributed by atoms with Gasteiger partial charge in [0.2, 0.25) is 15.8 Å². The molecular formula is C33H34N2O9S. The van der Waals surface area contributed by atoms with Crippen molar-refractivity contribution in [1.29, 1.82) is 0 Å². The number of amides is 1. The van der Waals surface area contributed by atoms with Gasteiger partial charge in [0.25, 0.3) is 0 Å². The molecule has 236 valence electrons. The van der Waals surface area contributed by atoms with Crippen molar-refractivity contribution in [3.63, 3.8) is 0 Å². The minimum Gasteiger partial charge on any atom is -0.497 e. The predicted molar refractivity (Wildman–Crippen MR) is 168 cm³/mol. The Labute approximate surface area is 260 Å². The van der Waals surface area contributed by atoms with Gasteiger partial charge in [0.05, 0.1) is 30.4 Å². The Balaban J connectivity index is 1.44. The lowest BCUT2D eigenvalue weighted by Crippen LogP contribution is -2.51. The molecule has 12 heteroatoms. The van der Waals surface area contributed by atoms with Crippen molar-refractivity contribution >= 4 is 38.1 Å². The summed E-state index contributed by atoms with van der Waals surface area (Å²) in [6, 6.07) is 20.4. The molecule has 3 aromatic carbocycles. The molecule has 0 aliphatic carbocycles. The highest BCUT2D eigenvalue weighted by atomic mass is 32.2. The number of carbonyl (C=O) groups is 1. The zero-order chi connectivity index (χ0) is 32.1. The summed E-state index contributed by atoms with van der Waals surface area (Å²) in [5, 5.41) is 15.4. The lowest BCUT2D eigenvalue weighted by atomic mass is 10.0. The molecule has 2 heterocycles. The number of fused-ring (bicyclic) bond motifs is 2. The number of aliphatic hydroxyl groups excluding tert-OH is 1. The number of nitrogens with zero attached hydrogens (tertiary/aromatic N) is 1. The van der Waals surface area contributed by atoms with Gasteiger partial charge in [0, 0.05) is 29.9 Å². The molecule has 0 spiro atoms. The van der Waals surface area contributed by atoms with Crippen LogP contribution in [0.1, 0.15) is 19.4 Å². The third-order valence-electron chi connectivity index (χ3n) is 7.20. The number of methoxy groups -OCH3 is 1. The van der Waals surface area contributed by atoms with E-state index >= 15 is 0 Å². The van der Waals surface area contributed by atoms with Gasteiger partial charge < -0.3 is 28.7 Å². The van der Waals surface area contributed by atoms with Crippen LogP contribution in [0.25, 0.3) is 21.9 Å². The van der Waals surface area contributed by atoms with Crippen LogP contribution in [0.15, 0.2) is 104 Å². The topological polar surface area (TPSA) is 149 Å². The number of nitrogens with one attached hydrogen (secondary N) is 1. The standard InChI is InChI=1S/C33H34N2O9S/c1-21(2)19-35(45(39,40)26-12-10-25(41-3)11-13-26)20-28(36)27(17-22-7-5-4-6-8-22)34-33(38)44-32-30-24(15-16-42-30)18-23-9-14-29(37)43-31(23)32/h4-16,18,21,27-28,36H,17,19-20H2,1-3H3,(H,34,38)/t27-,28+/m0/s1. The summed E-state index contributed by atoms with van der Waals surface area (Å²) in [7, 11) is -2.54. The first-order valence-corrected chi connectivity index (χ1v) is 15.8. The summed E-state index contributed by atoms with van der Waals surface area (Å²) < 4.78 is 50.3. The van der Waals surface area contributed by atoms with Crippen LogP contribution < -0.4 is 20.4 Å². The largest absolute Gasteiger partial charge is 0.497 e. The van der Waals surface area contributed by atoms with E-state index in [1.165, 1.54) is 35.9 Å². The molecule has 0 saturated heterocycles. The highest BCUT2D eigenvalue weighted by Gasteiger charge is 2.32. The second kappa shape index (κ2) is 13.6. The van der Waals surface area contributed by atoms with Crippen LogP contribution in [-0.4, -0.2) is 56.3 Å². The van der Waals surface area contributed by atoms with Crippen LogP contribution >= 0.6 is 0 Å². The van der Waals surface area contributed by atoms with E-state index in [-0.39, 0.29) is 47.2 Å². The smallest absolute Gasteiger partial charge is 0.413 e. The molecular weight excluding hydrogens is 600 g/mol. The first kappa shape index (κ1) is 31.8. The molecule has 0 unspecified atom stereocenters. The molecule has 0 saturated carbocycles. The number of ether oxygens (including phenoxy) is 2. The number of hydrogen-bond donors (Lipinski definition) is 2. The van der Waals surface area contributed by atoms with Gasteiger partial charge in [-0.1, -0.05) is 44.2 Å². The monoisotopic (exact) mass is 634 g/mol. The van der Waals surface area contributed by atoms with Crippen molar-refractivity contribution < 1.29 is 36.6 Å². The molecule has 0 aliphatic rings. The highest BCUT2D eigenvalue weighted by Crippen LogP contribution is 2.35. The minimum absolute atomic E-state index is 0.0222. The normalized spacial score (nSPS) is 13.3. The number of hydrogen-bond acceptors (Lipinski definition) is 9. The van der Waals surface area contributed by atoms with E-state index in [9.17, 15) is 23.1 Å². The molecule has 11 nitrogen and oxygen atoms in total. The summed E-state index contributed by atoms with van der Waals surface area (Å²) in [5.74, 6) is 0.346. The van der Waals surface area contributed by atoms with E-state index in [1.54, 1.807) is 30.3 Å². The fourth-order valence-electron chi connectivity index (χ4n) is 5.03. The molecule has 5 aromatic rings. The van der Waals surface area contributed by atoms with E-state index in [0.29, 0.717) is 16.5 Å². The molecule has 0 radical (unpaired) electrons. The quantitative estimate of drug-likeness (QED) is 0.182. The zero-order valence-electron chi connectivity index (χ0n) is 25.0. The van der Waals surface area contributed by atoms with E-state index < -0.39 is 33.9 Å². The molecule has 45 heavy (non-hydrogen) atoms. The average Bonchev–Trinajstić information content (AvgIpc) is 3.49. The number of furan rings is 1. The maximum absolute atomic E-state index is 13.7. The molecule has 5 rings (SSSR count). The van der Waals surface area contributed by atoms with Crippen LogP contribution in [0.4, 0.5) is 4.79 Å². The second-order valence-electron chi connectivity index (χ2n) is 11.0. The molecule has 0 bridgehead atoms. The Morgan fingerprint density at radius 1 is 0.956 bits per heavy atom. The van der Waals surface area contributed by atoms with Crippen molar-refractivity contribution in [3.05, 3.63) is 101 Å². The predicted octanol–water partition coefficient (Wildman–Crippen LogP) is 4.96. The second-order valence-corrected chi connectivity index (χ2v) is 12.9. The van der Waals surface area contributed by atoms with Gasteiger partial charge in [0.1, 0.15) is 5.75 Å². The first-order chi connectivity index (χ1) is 21.5. The molecule has 0 aliphatic heterocycles. The van der Waals surface area contributed by atoms with E-state index in [2.05, 4.69) is 5.32 Å². The Morgan fingerprint density at radius 3 is 2.36 bits per heavy atom. The maximum Gasteiger partial charge on any atom is 0.413 e. The summed E-state index contributed by atoms with van der Waals surface area (Å²) in [6.07, 6.45) is -0.726. The van der Waals surface area contributed by atoms with Crippen molar-refractivity contribution in [2.24, 2.45) is 5.92 Å². The van der Waals surface area contributed by atoms with E-state index in [1.807, 2.05) is 44.2 Å². The van der Waals surface area contributed by atoms with Gasteiger partial charge in [0.15, 0.2) is 11.2 Å². The number of aliphatic hydroxyl groups is 1. The lowest BCUT2D eigenvalue weighted by molar-refractivity contribution is 0.0992. The maximum atomic E-state index is 13.7. The molecule has 2 N–H and O–H groups in total. The Kier molecular flexibility index (Phi) is 9.57. The van der Waals surface area contributed by atoms with Gasteiger partial charge in [-0.2, -0.15) is 4.31 Å². The van der Waals surface area contributed by atoms with Crippen molar-refractivity contribution in [3.8, 4) is 11.5 Å². The highest BCUT2D eigenvalue weighted by molar-refractivity contribution is 7.89. The molecule has 2 aromatic heterocycles. The fourth-order valence-corrected chi connectivity index (χ4v) is 6.66. The van der Waals surface area contributed by atoms with Crippen LogP contribution in [0.5, 0.6) is 11.5 Å². The van der Waals surface area contributed by atoms with Crippen molar-refractivity contribution in [2.75, 3.05) is 20.2 Å². The first-order valence-electron chi connectivity index (χ1n) is 14.3. The number of carbonyl (C=O) groups excluding carboxylic acids is 1. The van der Waals surface area contributed by atoms with Crippen LogP contribution in [-0.2, 0) is 16.4 Å². The van der Waals surface area contributed by atoms with E-state index in [4.69, 9.17) is 18.3 Å². The lowest BCUT2D eigenvalue weighted by Gasteiger charge is -2.30. The van der Waals surface area contributed by atoms with Gasteiger partial charge in [-0.3, -0.25) is 0 Å². The third kappa shape index (κ3) is 7.36. The molecule has 0 fully saturated rings. The van der Waals surface area contributed by atoms with Gasteiger partial charge in [-0.15, -0.1) is 0 Å². The van der Waals surface area contributed by atoms with Crippen molar-refractivity contribution in [2.45, 2.75) is 37.3 Å². The van der Waals surface area contributed by atoms with Crippen LogP contribution in [0, 0.1) is 5.92 Å². The average molecular weight is 635 g/mol. The van der Waals surface area contributed by atoms with Gasteiger partial charge >= 0.3 is 11.7 Å². The summed E-state index contributed by atoms with van der Waals surface area (Å²) in [5.41, 5.74) is 0.369. The number of rotatable bonds is 12.